The first-order valence-corrected chi connectivity index (χ1v) is 8.08. The number of halogens is 3. The Morgan fingerprint density at radius 1 is 1.19 bits per heavy atom. The fraction of sp³-hybridized carbons (Fsp3) is 0.188. The van der Waals surface area contributed by atoms with Crippen LogP contribution in [0.25, 0.3) is 10.1 Å². The van der Waals surface area contributed by atoms with Gasteiger partial charge in [0.15, 0.2) is 6.61 Å². The van der Waals surface area contributed by atoms with Gasteiger partial charge in [-0.1, -0.05) is 41.9 Å². The molecule has 0 unspecified atom stereocenters. The molecule has 0 amide bonds. The summed E-state index contributed by atoms with van der Waals surface area (Å²) >= 11 is 0.936. The second-order valence-corrected chi connectivity index (χ2v) is 6.46. The molecule has 0 atom stereocenters. The van der Waals surface area contributed by atoms with Crippen LogP contribution in [-0.4, -0.2) is 21.7 Å². The van der Waals surface area contributed by atoms with Gasteiger partial charge in [-0.2, -0.15) is 13.2 Å². The van der Waals surface area contributed by atoms with Crippen molar-refractivity contribution in [3.63, 3.8) is 0 Å². The summed E-state index contributed by atoms with van der Waals surface area (Å²) in [7, 11) is 0. The van der Waals surface area contributed by atoms with E-state index >= 15 is 0 Å². The Balaban J connectivity index is 2.09. The minimum atomic E-state index is -4.63. The maximum absolute atomic E-state index is 12.6. The quantitative estimate of drug-likeness (QED) is 0.493. The number of aromatic nitrogens is 1. The molecule has 0 aliphatic carbocycles. The van der Waals surface area contributed by atoms with E-state index in [0.29, 0.717) is 0 Å². The van der Waals surface area contributed by atoms with Gasteiger partial charge in [0.25, 0.3) is 11.2 Å². The number of non-ortho nitro benzene ring substituents is 1. The SMILES string of the molecule is O=c1c2c(OCC(F)(F)F)cc([N+](=O)[O-])cc2sn1Cc1ccccc1. The Kier molecular flexibility index (Phi) is 4.68. The number of nitrogens with zero attached hydrogens (tertiary/aromatic N) is 2. The molecule has 3 aromatic rings. The Hall–Kier alpha value is -2.88. The number of nitro benzene ring substituents is 1. The fourth-order valence-corrected chi connectivity index (χ4v) is 3.45. The number of nitro groups is 1. The molecule has 0 saturated carbocycles. The minimum Gasteiger partial charge on any atom is -0.483 e. The molecule has 1 aromatic heterocycles. The number of benzene rings is 2. The largest absolute Gasteiger partial charge is 0.483 e. The van der Waals surface area contributed by atoms with E-state index in [0.717, 1.165) is 29.2 Å². The average Bonchev–Trinajstić information content (AvgIpc) is 2.89. The zero-order valence-electron chi connectivity index (χ0n) is 13.0. The van der Waals surface area contributed by atoms with Crippen molar-refractivity contribution in [2.75, 3.05) is 6.61 Å². The van der Waals surface area contributed by atoms with E-state index in [9.17, 15) is 28.1 Å². The van der Waals surface area contributed by atoms with Crippen LogP contribution in [0.2, 0.25) is 0 Å². The number of rotatable bonds is 5. The Morgan fingerprint density at radius 2 is 1.88 bits per heavy atom. The summed E-state index contributed by atoms with van der Waals surface area (Å²) in [4.78, 5) is 22.9. The number of hydrogen-bond acceptors (Lipinski definition) is 5. The van der Waals surface area contributed by atoms with E-state index < -0.39 is 34.7 Å². The molecule has 3 rings (SSSR count). The molecule has 0 bridgehead atoms. The van der Waals surface area contributed by atoms with Crippen LogP contribution in [0.5, 0.6) is 5.75 Å². The molecule has 1 heterocycles. The molecule has 136 valence electrons. The normalized spacial score (nSPS) is 11.7. The van der Waals surface area contributed by atoms with Crippen LogP contribution in [-0.2, 0) is 6.54 Å². The molecule has 0 saturated heterocycles. The van der Waals surface area contributed by atoms with Gasteiger partial charge in [-0.15, -0.1) is 0 Å². The van der Waals surface area contributed by atoms with Gasteiger partial charge in [0.2, 0.25) is 0 Å². The van der Waals surface area contributed by atoms with Crippen LogP contribution < -0.4 is 10.3 Å². The van der Waals surface area contributed by atoms with Crippen molar-refractivity contribution in [1.29, 1.82) is 0 Å². The maximum atomic E-state index is 12.6. The van der Waals surface area contributed by atoms with Crippen molar-refractivity contribution in [2.45, 2.75) is 12.7 Å². The zero-order chi connectivity index (χ0) is 18.9. The highest BCUT2D eigenvalue weighted by atomic mass is 32.1. The molecular formula is C16H11F3N2O4S. The Labute approximate surface area is 148 Å². The number of alkyl halides is 3. The lowest BCUT2D eigenvalue weighted by Gasteiger charge is -2.09. The summed E-state index contributed by atoms with van der Waals surface area (Å²) in [5.74, 6) is -0.445. The highest BCUT2D eigenvalue weighted by Gasteiger charge is 2.30. The summed E-state index contributed by atoms with van der Waals surface area (Å²) in [5, 5.41) is 10.9. The third kappa shape index (κ3) is 3.85. The first kappa shape index (κ1) is 17.9. The molecular weight excluding hydrogens is 373 g/mol. The second-order valence-electron chi connectivity index (χ2n) is 5.40. The van der Waals surface area contributed by atoms with Gasteiger partial charge in [0, 0.05) is 6.07 Å². The number of fused-ring (bicyclic) bond motifs is 1. The molecule has 0 radical (unpaired) electrons. The van der Waals surface area contributed by atoms with E-state index in [1.54, 1.807) is 24.3 Å². The van der Waals surface area contributed by atoms with Crippen molar-refractivity contribution >= 4 is 27.3 Å². The molecule has 0 aliphatic heterocycles. The van der Waals surface area contributed by atoms with E-state index in [1.807, 2.05) is 6.07 Å². The van der Waals surface area contributed by atoms with Gasteiger partial charge >= 0.3 is 6.18 Å². The van der Waals surface area contributed by atoms with Gasteiger partial charge in [-0.05, 0) is 5.56 Å². The lowest BCUT2D eigenvalue weighted by atomic mass is 10.2. The molecule has 6 nitrogen and oxygen atoms in total. The van der Waals surface area contributed by atoms with Gasteiger partial charge < -0.3 is 4.74 Å². The molecule has 0 spiro atoms. The van der Waals surface area contributed by atoms with Crippen LogP contribution in [0.1, 0.15) is 5.56 Å². The second kappa shape index (κ2) is 6.79. The number of hydrogen-bond donors (Lipinski definition) is 0. The predicted octanol–water partition coefficient (Wildman–Crippen LogP) is 3.96. The van der Waals surface area contributed by atoms with Crippen LogP contribution in [0.3, 0.4) is 0 Å². The summed E-state index contributed by atoms with van der Waals surface area (Å²) in [5.41, 5.74) is -0.183. The molecule has 0 aliphatic rings. The predicted molar refractivity (Wildman–Crippen MR) is 89.8 cm³/mol. The van der Waals surface area contributed by atoms with Crippen molar-refractivity contribution in [3.05, 3.63) is 68.5 Å². The molecule has 10 heteroatoms. The average molecular weight is 384 g/mol. The molecule has 0 fully saturated rings. The summed E-state index contributed by atoms with van der Waals surface area (Å²) in [6.45, 7) is -1.44. The first-order valence-electron chi connectivity index (χ1n) is 7.30. The maximum Gasteiger partial charge on any atom is 0.422 e. The zero-order valence-corrected chi connectivity index (χ0v) is 13.8. The smallest absolute Gasteiger partial charge is 0.422 e. The summed E-state index contributed by atoms with van der Waals surface area (Å²) in [6.07, 6.45) is -4.63. The van der Waals surface area contributed by atoms with Crippen LogP contribution in [0, 0.1) is 10.1 Å². The van der Waals surface area contributed by atoms with Gasteiger partial charge in [0.05, 0.1) is 22.2 Å². The highest BCUT2D eigenvalue weighted by Crippen LogP contribution is 2.33. The van der Waals surface area contributed by atoms with Gasteiger partial charge in [0.1, 0.15) is 11.1 Å². The van der Waals surface area contributed by atoms with E-state index in [4.69, 9.17) is 0 Å². The molecule has 26 heavy (non-hydrogen) atoms. The number of ether oxygens (including phenoxy) is 1. The van der Waals surface area contributed by atoms with Crippen molar-refractivity contribution < 1.29 is 22.8 Å². The van der Waals surface area contributed by atoms with Gasteiger partial charge in [-0.25, -0.2) is 0 Å². The molecule has 0 N–H and O–H groups in total. The van der Waals surface area contributed by atoms with E-state index in [-0.39, 0.29) is 16.6 Å². The lowest BCUT2D eigenvalue weighted by molar-refractivity contribution is -0.384. The highest BCUT2D eigenvalue weighted by molar-refractivity contribution is 7.14. The standard InChI is InChI=1S/C16H11F3N2O4S/c17-16(18,19)9-25-12-6-11(21(23)24)7-13-14(12)15(22)20(26-13)8-10-4-2-1-3-5-10/h1-7H,8-9H2. The summed E-state index contributed by atoms with van der Waals surface area (Å²) in [6, 6.07) is 11.0. The van der Waals surface area contributed by atoms with E-state index in [2.05, 4.69) is 4.74 Å². The fourth-order valence-electron chi connectivity index (χ4n) is 2.38. The minimum absolute atomic E-state index is 0.0965. The third-order valence-electron chi connectivity index (χ3n) is 3.47. The first-order chi connectivity index (χ1) is 12.2. The van der Waals surface area contributed by atoms with Crippen molar-refractivity contribution in [3.8, 4) is 5.75 Å². The van der Waals surface area contributed by atoms with Crippen LogP contribution in [0.15, 0.2) is 47.3 Å². The summed E-state index contributed by atoms with van der Waals surface area (Å²) < 4.78 is 43.6. The van der Waals surface area contributed by atoms with Crippen molar-refractivity contribution in [1.82, 2.24) is 3.96 Å². The third-order valence-corrected chi connectivity index (χ3v) is 4.50. The monoisotopic (exact) mass is 384 g/mol. The van der Waals surface area contributed by atoms with Crippen molar-refractivity contribution in [2.24, 2.45) is 0 Å². The topological polar surface area (TPSA) is 74.4 Å². The van der Waals surface area contributed by atoms with Gasteiger partial charge in [-0.3, -0.25) is 18.9 Å². The lowest BCUT2D eigenvalue weighted by Crippen LogP contribution is -2.20. The van der Waals surface area contributed by atoms with E-state index in [1.165, 1.54) is 3.96 Å². The van der Waals surface area contributed by atoms with Crippen LogP contribution >= 0.6 is 11.5 Å². The Morgan fingerprint density at radius 3 is 2.50 bits per heavy atom. The molecule has 2 aromatic carbocycles. The Bertz CT molecular complexity index is 1010. The van der Waals surface area contributed by atoms with Crippen LogP contribution in [0.4, 0.5) is 18.9 Å².